The van der Waals surface area contributed by atoms with Crippen LogP contribution in [0.4, 0.5) is 4.79 Å². The summed E-state index contributed by atoms with van der Waals surface area (Å²) in [5, 5.41) is 0. The Morgan fingerprint density at radius 2 is 2.17 bits per heavy atom. The summed E-state index contributed by atoms with van der Waals surface area (Å²) in [4.78, 5) is 10.4. The van der Waals surface area contributed by atoms with Crippen molar-refractivity contribution < 1.29 is 9.53 Å². The van der Waals surface area contributed by atoms with Crippen LogP contribution in [0.2, 0.25) is 0 Å². The SMILES string of the molecule is C#CC(CC(C)(C)C)OC(N)=O. The molecule has 0 heterocycles. The lowest BCUT2D eigenvalue weighted by Gasteiger charge is -2.21. The Hall–Kier alpha value is -1.17. The first-order valence-electron chi connectivity index (χ1n) is 3.77. The number of carbonyl (C=O) groups excluding carboxylic acids is 1. The Labute approximate surface area is 73.3 Å². The van der Waals surface area contributed by atoms with E-state index in [-0.39, 0.29) is 5.41 Å². The molecule has 0 aromatic rings. The van der Waals surface area contributed by atoms with E-state index in [4.69, 9.17) is 12.2 Å². The van der Waals surface area contributed by atoms with Crippen molar-refractivity contribution in [1.82, 2.24) is 0 Å². The maximum absolute atomic E-state index is 10.4. The third-order valence-electron chi connectivity index (χ3n) is 1.24. The molecule has 0 fully saturated rings. The summed E-state index contributed by atoms with van der Waals surface area (Å²) in [5.74, 6) is 2.37. The number of ether oxygens (including phenoxy) is 1. The van der Waals surface area contributed by atoms with Crippen LogP contribution in [-0.2, 0) is 4.74 Å². The molecule has 3 heteroatoms. The summed E-state index contributed by atoms with van der Waals surface area (Å²) >= 11 is 0. The summed E-state index contributed by atoms with van der Waals surface area (Å²) < 4.78 is 4.68. The zero-order valence-electron chi connectivity index (χ0n) is 7.76. The summed E-state index contributed by atoms with van der Waals surface area (Å²) in [6.07, 6.45) is 4.43. The van der Waals surface area contributed by atoms with Gasteiger partial charge in [0.15, 0.2) is 6.10 Å². The van der Waals surface area contributed by atoms with Crippen molar-refractivity contribution in [2.75, 3.05) is 0 Å². The van der Waals surface area contributed by atoms with Gasteiger partial charge in [0.1, 0.15) is 0 Å². The average molecular weight is 169 g/mol. The van der Waals surface area contributed by atoms with Gasteiger partial charge in [-0.05, 0) is 5.41 Å². The lowest BCUT2D eigenvalue weighted by atomic mass is 9.89. The topological polar surface area (TPSA) is 52.3 Å². The van der Waals surface area contributed by atoms with E-state index in [1.54, 1.807) is 0 Å². The van der Waals surface area contributed by atoms with Crippen LogP contribution in [0.15, 0.2) is 0 Å². The van der Waals surface area contributed by atoms with Gasteiger partial charge in [-0.1, -0.05) is 26.7 Å². The van der Waals surface area contributed by atoms with E-state index in [1.165, 1.54) is 0 Å². The first-order valence-corrected chi connectivity index (χ1v) is 3.77. The van der Waals surface area contributed by atoms with Crippen LogP contribution < -0.4 is 5.73 Å². The normalized spacial score (nSPS) is 13.2. The predicted molar refractivity (Wildman–Crippen MR) is 47.4 cm³/mol. The maximum atomic E-state index is 10.4. The molecule has 0 saturated carbocycles. The van der Waals surface area contributed by atoms with Crippen LogP contribution in [0, 0.1) is 17.8 Å². The van der Waals surface area contributed by atoms with Gasteiger partial charge < -0.3 is 10.5 Å². The second-order valence-electron chi connectivity index (χ2n) is 3.86. The number of amides is 1. The Balaban J connectivity index is 4.03. The van der Waals surface area contributed by atoms with Crippen molar-refractivity contribution in [3.05, 3.63) is 0 Å². The molecule has 0 aliphatic rings. The van der Waals surface area contributed by atoms with Gasteiger partial charge in [-0.15, -0.1) is 6.42 Å². The van der Waals surface area contributed by atoms with Crippen molar-refractivity contribution in [2.45, 2.75) is 33.3 Å². The molecule has 0 radical (unpaired) electrons. The minimum absolute atomic E-state index is 0.0342. The summed E-state index contributed by atoms with van der Waals surface area (Å²) in [6.45, 7) is 6.05. The molecule has 0 aromatic heterocycles. The fourth-order valence-electron chi connectivity index (χ4n) is 0.831. The van der Waals surface area contributed by atoms with Gasteiger partial charge in [-0.3, -0.25) is 0 Å². The van der Waals surface area contributed by atoms with Gasteiger partial charge >= 0.3 is 6.09 Å². The highest BCUT2D eigenvalue weighted by Gasteiger charge is 2.18. The summed E-state index contributed by atoms with van der Waals surface area (Å²) in [7, 11) is 0. The molecule has 0 rings (SSSR count). The van der Waals surface area contributed by atoms with Crippen LogP contribution in [0.25, 0.3) is 0 Å². The molecule has 0 saturated heterocycles. The fourth-order valence-corrected chi connectivity index (χ4v) is 0.831. The minimum Gasteiger partial charge on any atom is -0.433 e. The van der Waals surface area contributed by atoms with E-state index in [2.05, 4.69) is 10.7 Å². The molecule has 2 N–H and O–H groups in total. The number of hydrogen-bond donors (Lipinski definition) is 1. The highest BCUT2D eigenvalue weighted by atomic mass is 16.6. The summed E-state index contributed by atoms with van der Waals surface area (Å²) in [5.41, 5.74) is 4.87. The Morgan fingerprint density at radius 3 is 2.42 bits per heavy atom. The van der Waals surface area contributed by atoms with Crippen molar-refractivity contribution in [1.29, 1.82) is 0 Å². The highest BCUT2D eigenvalue weighted by Crippen LogP contribution is 2.21. The van der Waals surface area contributed by atoms with Crippen molar-refractivity contribution in [3.8, 4) is 12.3 Å². The number of terminal acetylenes is 1. The predicted octanol–water partition coefficient (Wildman–Crippen LogP) is 1.52. The lowest BCUT2D eigenvalue weighted by molar-refractivity contribution is 0.110. The molecule has 1 unspecified atom stereocenters. The van der Waals surface area contributed by atoms with Crippen molar-refractivity contribution >= 4 is 6.09 Å². The largest absolute Gasteiger partial charge is 0.433 e. The van der Waals surface area contributed by atoms with Gasteiger partial charge in [0.2, 0.25) is 0 Å². The molecule has 0 aromatic carbocycles. The first kappa shape index (κ1) is 10.8. The van der Waals surface area contributed by atoms with Gasteiger partial charge in [-0.2, -0.15) is 0 Å². The maximum Gasteiger partial charge on any atom is 0.405 e. The second kappa shape index (κ2) is 4.01. The Morgan fingerprint density at radius 1 is 1.67 bits per heavy atom. The Bertz CT molecular complexity index is 198. The number of rotatable bonds is 2. The molecule has 0 bridgehead atoms. The molecule has 3 nitrogen and oxygen atoms in total. The highest BCUT2D eigenvalue weighted by molar-refractivity contribution is 5.65. The standard InChI is InChI=1S/C9H15NO2/c1-5-7(12-8(10)11)6-9(2,3)4/h1,7H,6H2,2-4H3,(H2,10,11). The third kappa shape index (κ3) is 5.60. The van der Waals surface area contributed by atoms with Crippen LogP contribution in [0.5, 0.6) is 0 Å². The van der Waals surface area contributed by atoms with Crippen molar-refractivity contribution in [3.63, 3.8) is 0 Å². The molecule has 12 heavy (non-hydrogen) atoms. The molecule has 68 valence electrons. The van der Waals surface area contributed by atoms with Crippen LogP contribution in [0.3, 0.4) is 0 Å². The van der Waals surface area contributed by atoms with E-state index in [9.17, 15) is 4.79 Å². The van der Waals surface area contributed by atoms with Crippen molar-refractivity contribution in [2.24, 2.45) is 11.1 Å². The Kier molecular flexibility index (Phi) is 3.62. The van der Waals surface area contributed by atoms with Gasteiger partial charge in [0, 0.05) is 6.42 Å². The zero-order chi connectivity index (χ0) is 9.78. The van der Waals surface area contributed by atoms with E-state index in [1.807, 2.05) is 20.8 Å². The molecular formula is C9H15NO2. The van der Waals surface area contributed by atoms with Gasteiger partial charge in [-0.25, -0.2) is 4.79 Å². The lowest BCUT2D eigenvalue weighted by Crippen LogP contribution is -2.25. The number of hydrogen-bond acceptors (Lipinski definition) is 2. The zero-order valence-corrected chi connectivity index (χ0v) is 7.76. The first-order chi connectivity index (χ1) is 5.35. The average Bonchev–Trinajstić information content (AvgIpc) is 1.82. The van der Waals surface area contributed by atoms with E-state index in [0.717, 1.165) is 0 Å². The fraction of sp³-hybridized carbons (Fsp3) is 0.667. The van der Waals surface area contributed by atoms with E-state index >= 15 is 0 Å². The number of primary amides is 1. The van der Waals surface area contributed by atoms with Crippen LogP contribution in [0.1, 0.15) is 27.2 Å². The number of nitrogens with two attached hydrogens (primary N) is 1. The molecule has 0 aliphatic carbocycles. The van der Waals surface area contributed by atoms with Gasteiger partial charge in [0.25, 0.3) is 0 Å². The minimum atomic E-state index is -0.817. The monoisotopic (exact) mass is 169 g/mol. The molecule has 1 atom stereocenters. The van der Waals surface area contributed by atoms with E-state index in [0.29, 0.717) is 6.42 Å². The van der Waals surface area contributed by atoms with E-state index < -0.39 is 12.2 Å². The van der Waals surface area contributed by atoms with Gasteiger partial charge in [0.05, 0.1) is 0 Å². The van der Waals surface area contributed by atoms with Crippen LogP contribution in [-0.4, -0.2) is 12.2 Å². The quantitative estimate of drug-likeness (QED) is 0.637. The summed E-state index contributed by atoms with van der Waals surface area (Å²) in [6, 6.07) is 0. The third-order valence-corrected chi connectivity index (χ3v) is 1.24. The van der Waals surface area contributed by atoms with Crippen LogP contribution >= 0.6 is 0 Å². The molecule has 0 spiro atoms. The second-order valence-corrected chi connectivity index (χ2v) is 3.86. The molecule has 1 amide bonds. The number of carbonyl (C=O) groups is 1. The molecular weight excluding hydrogens is 154 g/mol. The smallest absolute Gasteiger partial charge is 0.405 e. The molecule has 0 aliphatic heterocycles.